The van der Waals surface area contributed by atoms with Gasteiger partial charge in [-0.15, -0.1) is 0 Å². The molecule has 0 aromatic rings. The van der Waals surface area contributed by atoms with Gasteiger partial charge in [-0.25, -0.2) is 13.1 Å². The van der Waals surface area contributed by atoms with Gasteiger partial charge < -0.3 is 9.64 Å². The predicted molar refractivity (Wildman–Crippen MR) is 78.2 cm³/mol. The van der Waals surface area contributed by atoms with Gasteiger partial charge in [0, 0.05) is 25.7 Å². The highest BCUT2D eigenvalue weighted by Crippen LogP contribution is 2.49. The highest BCUT2D eigenvalue weighted by molar-refractivity contribution is 7.88. The molecule has 6 nitrogen and oxygen atoms in total. The zero-order chi connectivity index (χ0) is 15.1. The van der Waals surface area contributed by atoms with Crippen LogP contribution < -0.4 is 4.72 Å². The maximum absolute atomic E-state index is 12.3. The molecule has 1 N–H and O–H groups in total. The molecule has 0 bridgehead atoms. The first-order chi connectivity index (χ1) is 9.87. The first-order valence-electron chi connectivity index (χ1n) is 7.71. The number of carbonyl (C=O) groups excluding carboxylic acids is 1. The van der Waals surface area contributed by atoms with Crippen molar-refractivity contribution < 1.29 is 17.9 Å². The first kappa shape index (κ1) is 15.2. The van der Waals surface area contributed by atoms with E-state index in [4.69, 9.17) is 4.74 Å². The Morgan fingerprint density at radius 3 is 2.48 bits per heavy atom. The third-order valence-corrected chi connectivity index (χ3v) is 5.92. The van der Waals surface area contributed by atoms with Crippen molar-refractivity contribution in [3.63, 3.8) is 0 Å². The van der Waals surface area contributed by atoms with Crippen LogP contribution >= 0.6 is 0 Å². The smallest absolute Gasteiger partial charge is 0.228 e. The molecule has 3 rings (SSSR count). The van der Waals surface area contributed by atoms with Crippen molar-refractivity contribution in [2.45, 2.75) is 38.1 Å². The molecule has 1 atom stereocenters. The van der Waals surface area contributed by atoms with E-state index < -0.39 is 10.0 Å². The van der Waals surface area contributed by atoms with Gasteiger partial charge in [-0.05, 0) is 37.5 Å². The molecular weight excluding hydrogens is 292 g/mol. The van der Waals surface area contributed by atoms with E-state index in [1.807, 2.05) is 4.90 Å². The van der Waals surface area contributed by atoms with Crippen LogP contribution in [0.25, 0.3) is 0 Å². The fourth-order valence-electron chi connectivity index (χ4n) is 3.97. The average Bonchev–Trinajstić information content (AvgIpc) is 2.89. The van der Waals surface area contributed by atoms with Gasteiger partial charge in [0.15, 0.2) is 0 Å². The fraction of sp³-hybridized carbons (Fsp3) is 0.929. The summed E-state index contributed by atoms with van der Waals surface area (Å²) in [6, 6.07) is 0.0884. The molecule has 3 fully saturated rings. The van der Waals surface area contributed by atoms with Gasteiger partial charge in [0.25, 0.3) is 0 Å². The standard InChI is InChI=1S/C14H24N2O4S/c1-21(18,19)15-12-8-14(9-12)3-5-16(6-4-14)13(17)11-2-7-20-10-11/h11-12,15H,2-10H2,1H3/t11-/m1/s1. The van der Waals surface area contributed by atoms with Crippen LogP contribution in [0.5, 0.6) is 0 Å². The van der Waals surface area contributed by atoms with Gasteiger partial charge in [-0.1, -0.05) is 0 Å². The monoisotopic (exact) mass is 316 g/mol. The van der Waals surface area contributed by atoms with Crippen molar-refractivity contribution in [3.05, 3.63) is 0 Å². The summed E-state index contributed by atoms with van der Waals surface area (Å²) in [7, 11) is -3.10. The Bertz CT molecular complexity index is 497. The third-order valence-electron chi connectivity index (χ3n) is 5.15. The largest absolute Gasteiger partial charge is 0.381 e. The van der Waals surface area contributed by atoms with Gasteiger partial charge in [0.05, 0.1) is 18.8 Å². The fourth-order valence-corrected chi connectivity index (χ4v) is 4.74. The SMILES string of the molecule is CS(=O)(=O)NC1CC2(CCN(C(=O)[C@@H]3CCOC3)CC2)C1. The average molecular weight is 316 g/mol. The lowest BCUT2D eigenvalue weighted by molar-refractivity contribution is -0.139. The number of amides is 1. The number of likely N-dealkylation sites (tertiary alicyclic amines) is 1. The molecule has 120 valence electrons. The number of nitrogens with zero attached hydrogens (tertiary/aromatic N) is 1. The summed E-state index contributed by atoms with van der Waals surface area (Å²) in [6.07, 6.45) is 5.87. The Kier molecular flexibility index (Phi) is 4.00. The Balaban J connectivity index is 1.47. The van der Waals surface area contributed by atoms with E-state index in [9.17, 15) is 13.2 Å². The highest BCUT2D eigenvalue weighted by Gasteiger charge is 2.47. The first-order valence-corrected chi connectivity index (χ1v) is 9.60. The Morgan fingerprint density at radius 1 is 1.29 bits per heavy atom. The second kappa shape index (κ2) is 5.52. The quantitative estimate of drug-likeness (QED) is 0.815. The van der Waals surface area contributed by atoms with E-state index in [0.29, 0.717) is 13.2 Å². The second-order valence-corrected chi connectivity index (χ2v) is 8.66. The van der Waals surface area contributed by atoms with Crippen molar-refractivity contribution in [2.24, 2.45) is 11.3 Å². The summed E-state index contributed by atoms with van der Waals surface area (Å²) in [5, 5.41) is 0. The summed E-state index contributed by atoms with van der Waals surface area (Å²) in [5.74, 6) is 0.299. The summed E-state index contributed by atoms with van der Waals surface area (Å²) >= 11 is 0. The van der Waals surface area contributed by atoms with Crippen molar-refractivity contribution >= 4 is 15.9 Å². The van der Waals surface area contributed by atoms with Crippen LogP contribution in [-0.2, 0) is 19.6 Å². The molecule has 1 saturated carbocycles. The van der Waals surface area contributed by atoms with E-state index in [1.54, 1.807) is 0 Å². The van der Waals surface area contributed by atoms with Crippen molar-refractivity contribution in [1.29, 1.82) is 0 Å². The number of rotatable bonds is 3. The Labute approximate surface area is 126 Å². The van der Waals surface area contributed by atoms with Gasteiger partial charge in [0.2, 0.25) is 15.9 Å². The van der Waals surface area contributed by atoms with E-state index in [-0.39, 0.29) is 23.3 Å². The van der Waals surface area contributed by atoms with Gasteiger partial charge in [-0.2, -0.15) is 0 Å². The zero-order valence-corrected chi connectivity index (χ0v) is 13.3. The molecule has 2 aliphatic heterocycles. The van der Waals surface area contributed by atoms with Crippen LogP contribution in [0.2, 0.25) is 0 Å². The van der Waals surface area contributed by atoms with Crippen molar-refractivity contribution in [1.82, 2.24) is 9.62 Å². The van der Waals surface area contributed by atoms with E-state index in [2.05, 4.69) is 4.72 Å². The van der Waals surface area contributed by atoms with E-state index in [1.165, 1.54) is 6.26 Å². The van der Waals surface area contributed by atoms with Gasteiger partial charge >= 0.3 is 0 Å². The third kappa shape index (κ3) is 3.40. The normalized spacial score (nSPS) is 29.6. The van der Waals surface area contributed by atoms with Gasteiger partial charge in [-0.3, -0.25) is 4.79 Å². The molecule has 1 aliphatic carbocycles. The molecule has 1 amide bonds. The van der Waals surface area contributed by atoms with Crippen LogP contribution in [0, 0.1) is 11.3 Å². The maximum Gasteiger partial charge on any atom is 0.228 e. The van der Waals surface area contributed by atoms with Crippen LogP contribution in [-0.4, -0.2) is 57.8 Å². The molecule has 2 saturated heterocycles. The molecule has 7 heteroatoms. The maximum atomic E-state index is 12.3. The molecule has 21 heavy (non-hydrogen) atoms. The summed E-state index contributed by atoms with van der Waals surface area (Å²) in [4.78, 5) is 14.3. The van der Waals surface area contributed by atoms with Gasteiger partial charge in [0.1, 0.15) is 0 Å². The van der Waals surface area contributed by atoms with Crippen LogP contribution in [0.15, 0.2) is 0 Å². The summed E-state index contributed by atoms with van der Waals surface area (Å²) in [6.45, 7) is 2.88. The molecule has 0 aromatic carbocycles. The lowest BCUT2D eigenvalue weighted by atomic mass is 9.60. The van der Waals surface area contributed by atoms with Crippen LogP contribution in [0.1, 0.15) is 32.1 Å². The minimum absolute atomic E-state index is 0.0556. The lowest BCUT2D eigenvalue weighted by Crippen LogP contribution is -2.55. The molecule has 0 aromatic heterocycles. The number of carbonyl (C=O) groups is 1. The summed E-state index contributed by atoms with van der Waals surface area (Å²) in [5.41, 5.74) is 0.255. The zero-order valence-electron chi connectivity index (χ0n) is 12.5. The number of sulfonamides is 1. The molecule has 0 radical (unpaired) electrons. The number of ether oxygens (including phenoxy) is 1. The number of hydrogen-bond donors (Lipinski definition) is 1. The highest BCUT2D eigenvalue weighted by atomic mass is 32.2. The number of hydrogen-bond acceptors (Lipinski definition) is 4. The van der Waals surface area contributed by atoms with Crippen LogP contribution in [0.4, 0.5) is 0 Å². The molecular formula is C14H24N2O4S. The second-order valence-electron chi connectivity index (χ2n) is 6.88. The summed E-state index contributed by atoms with van der Waals surface area (Å²) < 4.78 is 30.4. The molecule has 1 spiro atoms. The van der Waals surface area contributed by atoms with E-state index in [0.717, 1.165) is 45.2 Å². The lowest BCUT2D eigenvalue weighted by Gasteiger charge is -2.52. The predicted octanol–water partition coefficient (Wildman–Crippen LogP) is 0.343. The Morgan fingerprint density at radius 2 is 1.95 bits per heavy atom. The minimum atomic E-state index is -3.10. The Hall–Kier alpha value is -0.660. The minimum Gasteiger partial charge on any atom is -0.381 e. The number of piperidine rings is 1. The van der Waals surface area contributed by atoms with Crippen molar-refractivity contribution in [3.8, 4) is 0 Å². The molecule has 3 aliphatic rings. The van der Waals surface area contributed by atoms with Crippen molar-refractivity contribution in [2.75, 3.05) is 32.6 Å². The molecule has 2 heterocycles. The van der Waals surface area contributed by atoms with E-state index >= 15 is 0 Å². The topological polar surface area (TPSA) is 75.7 Å². The molecule has 0 unspecified atom stereocenters. The van der Waals surface area contributed by atoms with Crippen LogP contribution in [0.3, 0.4) is 0 Å². The number of nitrogens with one attached hydrogen (secondary N) is 1.